The number of carbonyl (C=O) groups is 1. The number of pyridine rings is 1. The van der Waals surface area contributed by atoms with Gasteiger partial charge in [0.15, 0.2) is 0 Å². The van der Waals surface area contributed by atoms with Crippen LogP contribution in [-0.4, -0.2) is 16.6 Å². The molecule has 4 heteroatoms. The molecular formula is C16H21N3O. The summed E-state index contributed by atoms with van der Waals surface area (Å²) in [6.07, 6.45) is 5.48. The molecule has 2 bridgehead atoms. The van der Waals surface area contributed by atoms with Crippen LogP contribution in [0.25, 0.3) is 0 Å². The number of carbonyl (C=O) groups excluding carboxylic acids is 1. The molecule has 1 aromatic heterocycles. The number of hydrogen-bond acceptors (Lipinski definition) is 3. The standard InChI is InChI=1S/C16H21N3O/c1-10-13-8-12(16(10,2)3)9-14(13)18-19-15(20)11-4-6-17-7-5-11/h4-7,10,12-13H,8-9H2,1-3H3,(H,19,20)/b18-14-/t10-,12-,13-/m1/s1. The fourth-order valence-electron chi connectivity index (χ4n) is 3.70. The highest BCUT2D eigenvalue weighted by Gasteiger charge is 2.53. The molecule has 2 saturated carbocycles. The maximum Gasteiger partial charge on any atom is 0.271 e. The van der Waals surface area contributed by atoms with Gasteiger partial charge in [-0.2, -0.15) is 5.10 Å². The van der Waals surface area contributed by atoms with Gasteiger partial charge in [0.25, 0.3) is 5.91 Å². The molecule has 2 aliphatic carbocycles. The van der Waals surface area contributed by atoms with Crippen molar-refractivity contribution >= 4 is 11.6 Å². The third-order valence-electron chi connectivity index (χ3n) is 5.49. The molecule has 1 heterocycles. The van der Waals surface area contributed by atoms with Gasteiger partial charge in [-0.25, -0.2) is 5.43 Å². The summed E-state index contributed by atoms with van der Waals surface area (Å²) in [5.41, 5.74) is 4.87. The van der Waals surface area contributed by atoms with Gasteiger partial charge in [-0.15, -0.1) is 0 Å². The molecule has 3 rings (SSSR count). The molecule has 1 amide bonds. The van der Waals surface area contributed by atoms with Gasteiger partial charge in [0.1, 0.15) is 0 Å². The first-order valence-electron chi connectivity index (χ1n) is 7.27. The van der Waals surface area contributed by atoms with Crippen LogP contribution in [0.15, 0.2) is 29.6 Å². The first-order valence-corrected chi connectivity index (χ1v) is 7.27. The lowest BCUT2D eigenvalue weighted by Crippen LogP contribution is -2.34. The lowest BCUT2D eigenvalue weighted by molar-refractivity contribution is 0.0954. The number of hydrazone groups is 1. The lowest BCUT2D eigenvalue weighted by Gasteiger charge is -2.36. The van der Waals surface area contributed by atoms with E-state index in [0.717, 1.165) is 6.42 Å². The van der Waals surface area contributed by atoms with Crippen LogP contribution in [0.4, 0.5) is 0 Å². The van der Waals surface area contributed by atoms with E-state index in [-0.39, 0.29) is 5.91 Å². The van der Waals surface area contributed by atoms with Gasteiger partial charge in [0.2, 0.25) is 0 Å². The molecule has 2 fully saturated rings. The third-order valence-corrected chi connectivity index (χ3v) is 5.49. The van der Waals surface area contributed by atoms with Crippen molar-refractivity contribution in [3.05, 3.63) is 30.1 Å². The summed E-state index contributed by atoms with van der Waals surface area (Å²) in [5, 5.41) is 4.39. The van der Waals surface area contributed by atoms with Gasteiger partial charge in [0, 0.05) is 29.6 Å². The Morgan fingerprint density at radius 2 is 2.10 bits per heavy atom. The van der Waals surface area contributed by atoms with Crippen LogP contribution in [0.5, 0.6) is 0 Å². The van der Waals surface area contributed by atoms with Crippen LogP contribution < -0.4 is 5.43 Å². The summed E-state index contributed by atoms with van der Waals surface area (Å²) in [4.78, 5) is 15.9. The average Bonchev–Trinajstić information content (AvgIpc) is 2.97. The number of aromatic nitrogens is 1. The topological polar surface area (TPSA) is 54.4 Å². The molecule has 0 radical (unpaired) electrons. The first kappa shape index (κ1) is 13.3. The van der Waals surface area contributed by atoms with Gasteiger partial charge >= 0.3 is 0 Å². The Kier molecular flexibility index (Phi) is 3.11. The zero-order valence-electron chi connectivity index (χ0n) is 12.3. The number of hydrogen-bond donors (Lipinski definition) is 1. The highest BCUT2D eigenvalue weighted by Crippen LogP contribution is 2.57. The molecule has 1 aromatic rings. The number of rotatable bonds is 2. The van der Waals surface area contributed by atoms with Gasteiger partial charge in [-0.3, -0.25) is 9.78 Å². The van der Waals surface area contributed by atoms with E-state index < -0.39 is 0 Å². The first-order chi connectivity index (χ1) is 9.50. The van der Waals surface area contributed by atoms with Crippen molar-refractivity contribution in [2.24, 2.45) is 28.3 Å². The van der Waals surface area contributed by atoms with Crippen LogP contribution in [0.1, 0.15) is 44.0 Å². The second-order valence-electron chi connectivity index (χ2n) is 6.63. The van der Waals surface area contributed by atoms with Gasteiger partial charge < -0.3 is 0 Å². The predicted octanol–water partition coefficient (Wildman–Crippen LogP) is 2.87. The minimum Gasteiger partial charge on any atom is -0.267 e. The summed E-state index contributed by atoms with van der Waals surface area (Å²) in [7, 11) is 0. The molecule has 2 aliphatic rings. The fraction of sp³-hybridized carbons (Fsp3) is 0.562. The summed E-state index contributed by atoms with van der Waals surface area (Å²) in [6.45, 7) is 7.02. The molecule has 4 nitrogen and oxygen atoms in total. The molecule has 0 saturated heterocycles. The van der Waals surface area contributed by atoms with E-state index in [1.54, 1.807) is 24.5 Å². The van der Waals surface area contributed by atoms with E-state index in [2.05, 4.69) is 36.3 Å². The van der Waals surface area contributed by atoms with Crippen LogP contribution in [0.3, 0.4) is 0 Å². The van der Waals surface area contributed by atoms with E-state index in [1.807, 2.05) is 0 Å². The Morgan fingerprint density at radius 1 is 1.40 bits per heavy atom. The summed E-state index contributed by atoms with van der Waals surface area (Å²) in [6, 6.07) is 3.39. The Bertz CT molecular complexity index is 546. The van der Waals surface area contributed by atoms with E-state index in [1.165, 1.54) is 12.1 Å². The summed E-state index contributed by atoms with van der Waals surface area (Å²) < 4.78 is 0. The molecule has 1 N–H and O–H groups in total. The fourth-order valence-corrected chi connectivity index (χ4v) is 3.70. The molecular weight excluding hydrogens is 250 g/mol. The molecule has 0 aromatic carbocycles. The van der Waals surface area contributed by atoms with E-state index in [4.69, 9.17) is 0 Å². The maximum atomic E-state index is 12.0. The van der Waals surface area contributed by atoms with Gasteiger partial charge in [-0.05, 0) is 42.2 Å². The van der Waals surface area contributed by atoms with E-state index >= 15 is 0 Å². The Hall–Kier alpha value is -1.71. The zero-order valence-corrected chi connectivity index (χ0v) is 12.3. The smallest absolute Gasteiger partial charge is 0.267 e. The minimum atomic E-state index is -0.158. The molecule has 106 valence electrons. The molecule has 0 aliphatic heterocycles. The van der Waals surface area contributed by atoms with E-state index in [9.17, 15) is 4.79 Å². The van der Waals surface area contributed by atoms with Crippen molar-refractivity contribution in [3.8, 4) is 0 Å². The van der Waals surface area contributed by atoms with Crippen molar-refractivity contribution in [2.75, 3.05) is 0 Å². The van der Waals surface area contributed by atoms with Crippen LogP contribution in [0, 0.1) is 23.2 Å². The molecule has 3 atom stereocenters. The van der Waals surface area contributed by atoms with Gasteiger partial charge in [0.05, 0.1) is 0 Å². The normalized spacial score (nSPS) is 32.5. The maximum absolute atomic E-state index is 12.0. The van der Waals surface area contributed by atoms with Crippen molar-refractivity contribution in [2.45, 2.75) is 33.6 Å². The molecule has 0 spiro atoms. The van der Waals surface area contributed by atoms with E-state index in [0.29, 0.717) is 28.7 Å². The number of nitrogens with zero attached hydrogens (tertiary/aromatic N) is 2. The largest absolute Gasteiger partial charge is 0.271 e. The van der Waals surface area contributed by atoms with Crippen molar-refractivity contribution in [3.63, 3.8) is 0 Å². The molecule has 20 heavy (non-hydrogen) atoms. The Labute approximate surface area is 119 Å². The quantitative estimate of drug-likeness (QED) is 0.841. The molecule has 0 unspecified atom stereocenters. The van der Waals surface area contributed by atoms with Crippen molar-refractivity contribution < 1.29 is 4.79 Å². The van der Waals surface area contributed by atoms with Crippen LogP contribution in [0.2, 0.25) is 0 Å². The second kappa shape index (κ2) is 4.69. The third kappa shape index (κ3) is 2.03. The zero-order chi connectivity index (χ0) is 14.3. The number of nitrogens with one attached hydrogen (secondary N) is 1. The number of amides is 1. The average molecular weight is 271 g/mol. The van der Waals surface area contributed by atoms with Crippen LogP contribution >= 0.6 is 0 Å². The minimum absolute atomic E-state index is 0.158. The summed E-state index contributed by atoms with van der Waals surface area (Å²) in [5.74, 6) is 1.72. The SMILES string of the molecule is C[C@@H]1[C@H]2C[C@H](C/C2=N/NC(=O)c2ccncc2)C1(C)C. The predicted molar refractivity (Wildman–Crippen MR) is 78.3 cm³/mol. The van der Waals surface area contributed by atoms with Gasteiger partial charge in [-0.1, -0.05) is 20.8 Å². The lowest BCUT2D eigenvalue weighted by atomic mass is 9.69. The Balaban J connectivity index is 1.69. The summed E-state index contributed by atoms with van der Waals surface area (Å²) >= 11 is 0. The number of fused-ring (bicyclic) bond motifs is 2. The van der Waals surface area contributed by atoms with Crippen LogP contribution in [-0.2, 0) is 0 Å². The highest BCUT2D eigenvalue weighted by atomic mass is 16.2. The monoisotopic (exact) mass is 271 g/mol. The second-order valence-corrected chi connectivity index (χ2v) is 6.63. The van der Waals surface area contributed by atoms with Crippen molar-refractivity contribution in [1.82, 2.24) is 10.4 Å². The van der Waals surface area contributed by atoms with Crippen molar-refractivity contribution in [1.29, 1.82) is 0 Å². The highest BCUT2D eigenvalue weighted by molar-refractivity contribution is 5.96. The Morgan fingerprint density at radius 3 is 2.70 bits per heavy atom.